The molecule has 8 nitrogen and oxygen atoms in total. The van der Waals surface area contributed by atoms with Gasteiger partial charge < -0.3 is 5.32 Å². The maximum Gasteiger partial charge on any atom is 0.243 e. The van der Waals surface area contributed by atoms with Crippen molar-refractivity contribution < 1.29 is 26.4 Å². The van der Waals surface area contributed by atoms with Crippen molar-refractivity contribution in [3.05, 3.63) is 36.9 Å². The Kier molecular flexibility index (Phi) is 7.74. The zero-order chi connectivity index (χ0) is 25.3. The molecule has 0 spiro atoms. The normalized spacial score (nSPS) is 27.8. The molecule has 2 fully saturated rings. The summed E-state index contributed by atoms with van der Waals surface area (Å²) in [5.74, 6) is -0.636. The summed E-state index contributed by atoms with van der Waals surface area (Å²) < 4.78 is 49.6. The molecule has 0 aromatic heterocycles. The number of carbonyl (C=O) groups is 2. The molecule has 2 amide bonds. The minimum absolute atomic E-state index is 0.00933. The first-order valence-corrected chi connectivity index (χ1v) is 15.1. The molecule has 1 saturated carbocycles. The fourth-order valence-corrected chi connectivity index (χ4v) is 7.60. The summed E-state index contributed by atoms with van der Waals surface area (Å²) in [5.41, 5.74) is -0.348. The van der Waals surface area contributed by atoms with Crippen LogP contribution in [0.4, 0.5) is 0 Å². The van der Waals surface area contributed by atoms with Gasteiger partial charge in [0.25, 0.3) is 0 Å². The van der Waals surface area contributed by atoms with Crippen LogP contribution in [-0.2, 0) is 29.3 Å². The Labute approximate surface area is 202 Å². The average Bonchev–Trinajstić information content (AvgIpc) is 3.31. The molecule has 4 atom stereocenters. The third kappa shape index (κ3) is 5.44. The van der Waals surface area contributed by atoms with Gasteiger partial charge in [-0.3, -0.25) is 14.5 Å². The molecule has 1 heterocycles. The molecule has 1 aromatic rings. The van der Waals surface area contributed by atoms with E-state index < -0.39 is 19.7 Å². The van der Waals surface area contributed by atoms with E-state index >= 15 is 0 Å². The van der Waals surface area contributed by atoms with E-state index in [9.17, 15) is 26.4 Å². The maximum atomic E-state index is 13.1. The number of carbonyl (C=O) groups excluding carboxylic acids is 2. The van der Waals surface area contributed by atoms with Crippen LogP contribution in [0.5, 0.6) is 0 Å². The SMILES string of the molecule is C=CC1CC(=O)N(C(=O)CNC2CCC(CS(=O)(=O)c3ccc(S(C)(=O)=O)cc3)C2(C)CC)C1. The van der Waals surface area contributed by atoms with E-state index in [1.54, 1.807) is 6.08 Å². The second-order valence-electron chi connectivity index (χ2n) is 9.69. The molecule has 1 aliphatic carbocycles. The monoisotopic (exact) mass is 510 g/mol. The van der Waals surface area contributed by atoms with Crippen LogP contribution in [-0.4, -0.2) is 64.7 Å². The van der Waals surface area contributed by atoms with Gasteiger partial charge in [-0.2, -0.15) is 0 Å². The van der Waals surface area contributed by atoms with Gasteiger partial charge in [-0.15, -0.1) is 6.58 Å². The van der Waals surface area contributed by atoms with Crippen molar-refractivity contribution in [2.45, 2.75) is 55.4 Å². The third-order valence-corrected chi connectivity index (χ3v) is 10.6. The van der Waals surface area contributed by atoms with Gasteiger partial charge in [-0.1, -0.05) is 19.9 Å². The predicted octanol–water partition coefficient (Wildman–Crippen LogP) is 2.21. The fourth-order valence-electron chi connectivity index (χ4n) is 5.15. The molecule has 0 radical (unpaired) electrons. The van der Waals surface area contributed by atoms with Crippen LogP contribution in [0.1, 0.15) is 39.5 Å². The number of hydrogen-bond donors (Lipinski definition) is 1. The topological polar surface area (TPSA) is 118 Å². The van der Waals surface area contributed by atoms with E-state index in [-0.39, 0.29) is 57.2 Å². The van der Waals surface area contributed by atoms with Gasteiger partial charge in [0, 0.05) is 31.2 Å². The van der Waals surface area contributed by atoms with Gasteiger partial charge >= 0.3 is 0 Å². The van der Waals surface area contributed by atoms with E-state index in [1.165, 1.54) is 29.2 Å². The van der Waals surface area contributed by atoms with Gasteiger partial charge in [0.1, 0.15) is 0 Å². The molecule has 10 heteroatoms. The highest BCUT2D eigenvalue weighted by Crippen LogP contribution is 2.47. The van der Waals surface area contributed by atoms with Gasteiger partial charge in [-0.25, -0.2) is 16.8 Å². The van der Waals surface area contributed by atoms with E-state index in [1.807, 2.05) is 13.8 Å². The smallest absolute Gasteiger partial charge is 0.243 e. The summed E-state index contributed by atoms with van der Waals surface area (Å²) in [6, 6.07) is 5.29. The van der Waals surface area contributed by atoms with E-state index in [0.717, 1.165) is 19.1 Å². The highest BCUT2D eigenvalue weighted by molar-refractivity contribution is 7.91. The summed E-state index contributed by atoms with van der Waals surface area (Å²) in [6.07, 6.45) is 5.23. The fraction of sp³-hybridized carbons (Fsp3) is 0.583. The number of nitrogens with zero attached hydrogens (tertiary/aromatic N) is 1. The van der Waals surface area contributed by atoms with Gasteiger partial charge in [0.15, 0.2) is 19.7 Å². The average molecular weight is 511 g/mol. The first-order chi connectivity index (χ1) is 15.8. The Morgan fingerprint density at radius 2 is 1.79 bits per heavy atom. The number of sulfone groups is 2. The minimum atomic E-state index is -3.62. The number of amides is 2. The highest BCUT2D eigenvalue weighted by atomic mass is 32.2. The first-order valence-electron chi connectivity index (χ1n) is 11.5. The quantitative estimate of drug-likeness (QED) is 0.506. The molecule has 2 aliphatic rings. The van der Waals surface area contributed by atoms with Crippen LogP contribution in [0.2, 0.25) is 0 Å². The lowest BCUT2D eigenvalue weighted by Crippen LogP contribution is -2.48. The Hall–Kier alpha value is -2.04. The summed E-state index contributed by atoms with van der Waals surface area (Å²) in [4.78, 5) is 26.2. The van der Waals surface area contributed by atoms with Crippen molar-refractivity contribution in [2.24, 2.45) is 17.3 Å². The predicted molar refractivity (Wildman–Crippen MR) is 130 cm³/mol. The molecule has 1 saturated heterocycles. The molecule has 1 aliphatic heterocycles. The molecule has 34 heavy (non-hydrogen) atoms. The standard InChI is InChI=1S/C24H34N2O6S2/c1-5-17-13-22(27)26(15-17)23(28)14-25-21-12-7-18(24(21,3)6-2)16-34(31,32)20-10-8-19(9-11-20)33(4,29)30/h5,8-11,17-18,21,25H,1,6-7,12-16H2,2-4H3. The maximum absolute atomic E-state index is 13.1. The van der Waals surface area contributed by atoms with Crippen LogP contribution in [0.25, 0.3) is 0 Å². The molecular formula is C24H34N2O6S2. The van der Waals surface area contributed by atoms with Crippen molar-refractivity contribution in [3.8, 4) is 0 Å². The molecule has 0 bridgehead atoms. The molecule has 3 rings (SSSR count). The summed E-state index contributed by atoms with van der Waals surface area (Å²) in [6.45, 7) is 8.15. The largest absolute Gasteiger partial charge is 0.305 e. The van der Waals surface area contributed by atoms with Crippen LogP contribution in [0.3, 0.4) is 0 Å². The van der Waals surface area contributed by atoms with E-state index in [4.69, 9.17) is 0 Å². The van der Waals surface area contributed by atoms with Crippen molar-refractivity contribution in [1.82, 2.24) is 10.2 Å². The van der Waals surface area contributed by atoms with Crippen molar-refractivity contribution in [2.75, 3.05) is 25.1 Å². The number of hydrogen-bond acceptors (Lipinski definition) is 7. The Morgan fingerprint density at radius 3 is 2.32 bits per heavy atom. The molecular weight excluding hydrogens is 476 g/mol. The third-order valence-electron chi connectivity index (χ3n) is 7.61. The zero-order valence-electron chi connectivity index (χ0n) is 20.0. The minimum Gasteiger partial charge on any atom is -0.305 e. The first kappa shape index (κ1) is 26.6. The summed E-state index contributed by atoms with van der Waals surface area (Å²) in [7, 11) is -7.03. The molecule has 1 N–H and O–H groups in total. The summed E-state index contributed by atoms with van der Waals surface area (Å²) in [5, 5.41) is 3.30. The molecule has 188 valence electrons. The lowest BCUT2D eigenvalue weighted by Gasteiger charge is -2.36. The van der Waals surface area contributed by atoms with Crippen molar-refractivity contribution >= 4 is 31.5 Å². The molecule has 4 unspecified atom stereocenters. The number of likely N-dealkylation sites (tertiary alicyclic amines) is 1. The van der Waals surface area contributed by atoms with Crippen molar-refractivity contribution in [3.63, 3.8) is 0 Å². The van der Waals surface area contributed by atoms with Crippen LogP contribution in [0.15, 0.2) is 46.7 Å². The Bertz CT molecular complexity index is 1160. The van der Waals surface area contributed by atoms with Gasteiger partial charge in [-0.05, 0) is 54.9 Å². The number of nitrogens with one attached hydrogen (secondary N) is 1. The van der Waals surface area contributed by atoms with Crippen LogP contribution in [0, 0.1) is 17.3 Å². The lowest BCUT2D eigenvalue weighted by atomic mass is 9.75. The van der Waals surface area contributed by atoms with Crippen LogP contribution >= 0.6 is 0 Å². The highest BCUT2D eigenvalue weighted by Gasteiger charge is 2.47. The number of rotatable bonds is 9. The molecule has 1 aromatic carbocycles. The van der Waals surface area contributed by atoms with Gasteiger partial charge in [0.2, 0.25) is 11.8 Å². The van der Waals surface area contributed by atoms with E-state index in [2.05, 4.69) is 11.9 Å². The number of imide groups is 1. The second-order valence-corrected chi connectivity index (χ2v) is 13.7. The summed E-state index contributed by atoms with van der Waals surface area (Å²) >= 11 is 0. The second kappa shape index (κ2) is 9.91. The Balaban J connectivity index is 1.67. The lowest BCUT2D eigenvalue weighted by molar-refractivity contribution is -0.141. The van der Waals surface area contributed by atoms with Gasteiger partial charge in [0.05, 0.1) is 22.1 Å². The van der Waals surface area contributed by atoms with E-state index in [0.29, 0.717) is 19.4 Å². The van der Waals surface area contributed by atoms with Crippen LogP contribution < -0.4 is 5.32 Å². The number of benzene rings is 1. The zero-order valence-corrected chi connectivity index (χ0v) is 21.6. The van der Waals surface area contributed by atoms with Crippen molar-refractivity contribution in [1.29, 1.82) is 0 Å². The Morgan fingerprint density at radius 1 is 1.18 bits per heavy atom.